The quantitative estimate of drug-likeness (QED) is 0.796. The van der Waals surface area contributed by atoms with Crippen molar-refractivity contribution < 1.29 is 4.74 Å². The minimum Gasteiger partial charge on any atom is -0.378 e. The Labute approximate surface area is 105 Å². The van der Waals surface area contributed by atoms with Crippen molar-refractivity contribution in [3.63, 3.8) is 0 Å². The Hall–Kier alpha value is -2.01. The molecule has 3 heterocycles. The highest BCUT2D eigenvalue weighted by Gasteiger charge is 2.14. The molecule has 0 aliphatic carbocycles. The van der Waals surface area contributed by atoms with Crippen LogP contribution in [0.25, 0.3) is 11.3 Å². The monoisotopic (exact) mass is 242 g/mol. The second-order valence-electron chi connectivity index (χ2n) is 4.08. The Morgan fingerprint density at radius 3 is 2.78 bits per heavy atom. The van der Waals surface area contributed by atoms with Crippen LogP contribution in [0.5, 0.6) is 0 Å². The van der Waals surface area contributed by atoms with Crippen LogP contribution in [-0.2, 0) is 4.74 Å². The molecular formula is C13H14N4O. The van der Waals surface area contributed by atoms with Crippen molar-refractivity contribution in [2.75, 3.05) is 31.2 Å². The Morgan fingerprint density at radius 1 is 1.11 bits per heavy atom. The van der Waals surface area contributed by atoms with Gasteiger partial charge in [0.2, 0.25) is 5.95 Å². The number of ether oxygens (including phenoxy) is 1. The molecule has 1 saturated heterocycles. The van der Waals surface area contributed by atoms with E-state index in [1.54, 1.807) is 12.4 Å². The van der Waals surface area contributed by atoms with Crippen LogP contribution in [0.15, 0.2) is 36.8 Å². The summed E-state index contributed by atoms with van der Waals surface area (Å²) in [5, 5.41) is 0. The van der Waals surface area contributed by atoms with Crippen LogP contribution in [0.4, 0.5) is 5.95 Å². The van der Waals surface area contributed by atoms with Crippen molar-refractivity contribution >= 4 is 5.95 Å². The molecule has 5 nitrogen and oxygen atoms in total. The topological polar surface area (TPSA) is 51.1 Å². The number of pyridine rings is 1. The van der Waals surface area contributed by atoms with E-state index in [0.29, 0.717) is 0 Å². The van der Waals surface area contributed by atoms with Crippen LogP contribution in [0.3, 0.4) is 0 Å². The van der Waals surface area contributed by atoms with Crippen molar-refractivity contribution in [2.45, 2.75) is 0 Å². The van der Waals surface area contributed by atoms with Crippen LogP contribution in [0.2, 0.25) is 0 Å². The number of hydrogen-bond donors (Lipinski definition) is 0. The van der Waals surface area contributed by atoms with Gasteiger partial charge >= 0.3 is 0 Å². The molecule has 0 bridgehead atoms. The van der Waals surface area contributed by atoms with E-state index >= 15 is 0 Å². The lowest BCUT2D eigenvalue weighted by molar-refractivity contribution is 0.122. The highest BCUT2D eigenvalue weighted by molar-refractivity contribution is 5.58. The smallest absolute Gasteiger partial charge is 0.226 e. The van der Waals surface area contributed by atoms with Crippen molar-refractivity contribution in [1.82, 2.24) is 15.0 Å². The average Bonchev–Trinajstić information content (AvgIpc) is 2.49. The van der Waals surface area contributed by atoms with Gasteiger partial charge in [0, 0.05) is 37.2 Å². The third-order valence-electron chi connectivity index (χ3n) is 2.89. The van der Waals surface area contributed by atoms with Gasteiger partial charge in [-0.1, -0.05) is 0 Å². The maximum absolute atomic E-state index is 5.33. The summed E-state index contributed by atoms with van der Waals surface area (Å²) in [6.45, 7) is 3.16. The lowest BCUT2D eigenvalue weighted by Gasteiger charge is -2.26. The van der Waals surface area contributed by atoms with Gasteiger partial charge in [0.15, 0.2) is 0 Å². The Bertz CT molecular complexity index is 511. The standard InChI is InChI=1S/C13H14N4O/c1-2-11(10-14-4-1)12-3-5-15-13(16-12)17-6-8-18-9-7-17/h1-5,10H,6-9H2. The van der Waals surface area contributed by atoms with Gasteiger partial charge in [0.05, 0.1) is 18.9 Å². The molecule has 1 fully saturated rings. The predicted octanol–water partition coefficient (Wildman–Crippen LogP) is 1.38. The fraction of sp³-hybridized carbons (Fsp3) is 0.308. The third kappa shape index (κ3) is 2.31. The van der Waals surface area contributed by atoms with Gasteiger partial charge in [-0.05, 0) is 18.2 Å². The number of anilines is 1. The number of morpholine rings is 1. The number of rotatable bonds is 2. The average molecular weight is 242 g/mol. The van der Waals surface area contributed by atoms with Crippen LogP contribution in [0, 0.1) is 0 Å². The molecule has 18 heavy (non-hydrogen) atoms. The van der Waals surface area contributed by atoms with Crippen molar-refractivity contribution in [1.29, 1.82) is 0 Å². The fourth-order valence-corrected chi connectivity index (χ4v) is 1.94. The van der Waals surface area contributed by atoms with Gasteiger partial charge in [0.1, 0.15) is 0 Å². The second kappa shape index (κ2) is 5.10. The first-order chi connectivity index (χ1) is 8.93. The summed E-state index contributed by atoms with van der Waals surface area (Å²) < 4.78 is 5.33. The van der Waals surface area contributed by atoms with Crippen molar-refractivity contribution in [2.24, 2.45) is 0 Å². The van der Waals surface area contributed by atoms with E-state index in [9.17, 15) is 0 Å². The maximum atomic E-state index is 5.33. The lowest BCUT2D eigenvalue weighted by atomic mass is 10.2. The predicted molar refractivity (Wildman–Crippen MR) is 68.3 cm³/mol. The summed E-state index contributed by atoms with van der Waals surface area (Å²) in [4.78, 5) is 15.2. The van der Waals surface area contributed by atoms with Gasteiger partial charge in [-0.15, -0.1) is 0 Å². The molecule has 0 radical (unpaired) electrons. The summed E-state index contributed by atoms with van der Waals surface area (Å²) >= 11 is 0. The first-order valence-corrected chi connectivity index (χ1v) is 5.99. The molecule has 3 rings (SSSR count). The van der Waals surface area contributed by atoms with Crippen LogP contribution < -0.4 is 4.90 Å². The Morgan fingerprint density at radius 2 is 2.00 bits per heavy atom. The second-order valence-corrected chi connectivity index (χ2v) is 4.08. The minimum atomic E-state index is 0.737. The van der Waals surface area contributed by atoms with E-state index in [4.69, 9.17) is 4.74 Å². The van der Waals surface area contributed by atoms with E-state index in [1.807, 2.05) is 24.4 Å². The zero-order chi connectivity index (χ0) is 12.2. The molecule has 0 N–H and O–H groups in total. The highest BCUT2D eigenvalue weighted by atomic mass is 16.5. The number of hydrogen-bond acceptors (Lipinski definition) is 5. The molecule has 1 aliphatic heterocycles. The van der Waals surface area contributed by atoms with Gasteiger partial charge < -0.3 is 9.64 Å². The molecule has 0 saturated carbocycles. The summed E-state index contributed by atoms with van der Waals surface area (Å²) in [6.07, 6.45) is 5.36. The molecule has 92 valence electrons. The lowest BCUT2D eigenvalue weighted by Crippen LogP contribution is -2.37. The Kier molecular flexibility index (Phi) is 3.14. The summed E-state index contributed by atoms with van der Waals surface area (Å²) in [5.74, 6) is 0.764. The van der Waals surface area contributed by atoms with E-state index in [0.717, 1.165) is 43.5 Å². The highest BCUT2D eigenvalue weighted by Crippen LogP contribution is 2.18. The molecule has 0 aromatic carbocycles. The summed E-state index contributed by atoms with van der Waals surface area (Å²) in [7, 11) is 0. The van der Waals surface area contributed by atoms with E-state index in [1.165, 1.54) is 0 Å². The number of nitrogens with zero attached hydrogens (tertiary/aromatic N) is 4. The van der Waals surface area contributed by atoms with Crippen LogP contribution >= 0.6 is 0 Å². The summed E-state index contributed by atoms with van der Waals surface area (Å²) in [5.41, 5.74) is 1.91. The molecule has 5 heteroatoms. The molecule has 2 aromatic heterocycles. The van der Waals surface area contributed by atoms with Gasteiger partial charge in [0.25, 0.3) is 0 Å². The summed E-state index contributed by atoms with van der Waals surface area (Å²) in [6, 6.07) is 5.81. The largest absolute Gasteiger partial charge is 0.378 e. The first kappa shape index (κ1) is 11.1. The minimum absolute atomic E-state index is 0.737. The van der Waals surface area contributed by atoms with Gasteiger partial charge in [-0.25, -0.2) is 9.97 Å². The molecule has 0 spiro atoms. The molecule has 0 amide bonds. The molecule has 2 aromatic rings. The van der Waals surface area contributed by atoms with E-state index in [2.05, 4.69) is 19.9 Å². The normalized spacial score (nSPS) is 15.7. The zero-order valence-electron chi connectivity index (χ0n) is 9.99. The zero-order valence-corrected chi connectivity index (χ0v) is 9.99. The molecule has 0 unspecified atom stereocenters. The molecule has 1 aliphatic rings. The van der Waals surface area contributed by atoms with Gasteiger partial charge in [-0.3, -0.25) is 4.98 Å². The fourth-order valence-electron chi connectivity index (χ4n) is 1.94. The SMILES string of the molecule is c1cncc(-c2ccnc(N3CCOCC3)n2)c1. The Balaban J connectivity index is 1.89. The molecular weight excluding hydrogens is 228 g/mol. The van der Waals surface area contributed by atoms with Crippen molar-refractivity contribution in [3.05, 3.63) is 36.8 Å². The molecule has 0 atom stereocenters. The number of aromatic nitrogens is 3. The van der Waals surface area contributed by atoms with Crippen molar-refractivity contribution in [3.8, 4) is 11.3 Å². The third-order valence-corrected chi connectivity index (χ3v) is 2.89. The van der Waals surface area contributed by atoms with Crippen LogP contribution in [-0.4, -0.2) is 41.3 Å². The van der Waals surface area contributed by atoms with Gasteiger partial charge in [-0.2, -0.15) is 0 Å². The van der Waals surface area contributed by atoms with E-state index < -0.39 is 0 Å². The van der Waals surface area contributed by atoms with Crippen LogP contribution in [0.1, 0.15) is 0 Å². The first-order valence-electron chi connectivity index (χ1n) is 5.99. The maximum Gasteiger partial charge on any atom is 0.226 e. The van der Waals surface area contributed by atoms with E-state index in [-0.39, 0.29) is 0 Å².